The van der Waals surface area contributed by atoms with E-state index in [-0.39, 0.29) is 0 Å². The first-order valence-corrected chi connectivity index (χ1v) is 8.38. The van der Waals surface area contributed by atoms with Crippen molar-refractivity contribution in [2.75, 3.05) is 6.26 Å². The summed E-state index contributed by atoms with van der Waals surface area (Å²) in [7, 11) is 0. The lowest BCUT2D eigenvalue weighted by Gasteiger charge is -2.27. The lowest BCUT2D eigenvalue weighted by Crippen LogP contribution is -2.27. The second kappa shape index (κ2) is 4.94. The number of aryl methyl sites for hydroxylation is 1. The molecule has 1 aliphatic carbocycles. The molecule has 0 aromatic carbocycles. The Morgan fingerprint density at radius 3 is 2.84 bits per heavy atom. The molecule has 1 aliphatic rings. The minimum atomic E-state index is 0.346. The van der Waals surface area contributed by atoms with E-state index in [1.165, 1.54) is 25.7 Å². The van der Waals surface area contributed by atoms with Gasteiger partial charge in [-0.3, -0.25) is 0 Å². The van der Waals surface area contributed by atoms with E-state index in [1.54, 1.807) is 0 Å². The summed E-state index contributed by atoms with van der Waals surface area (Å²) in [5.74, 6) is 0. The van der Waals surface area contributed by atoms with Crippen molar-refractivity contribution in [3.63, 3.8) is 0 Å². The van der Waals surface area contributed by atoms with Gasteiger partial charge in [0, 0.05) is 17.0 Å². The molecular weight excluding hydrogens is 274 g/mol. The molecule has 2 heterocycles. The molecule has 5 heteroatoms. The molecule has 3 rings (SSSR count). The normalized spacial score (nSPS) is 18.2. The first kappa shape index (κ1) is 13.2. The lowest BCUT2D eigenvalue weighted by molar-refractivity contribution is 0.508. The predicted molar refractivity (Wildman–Crippen MR) is 84.4 cm³/mol. The highest BCUT2D eigenvalue weighted by Crippen LogP contribution is 2.41. The fourth-order valence-corrected chi connectivity index (χ4v) is 4.22. The Hall–Kier alpha value is -0.810. The monoisotopic (exact) mass is 293 g/mol. The van der Waals surface area contributed by atoms with Crippen molar-refractivity contribution < 1.29 is 0 Å². The number of H-pyrrole nitrogens is 1. The average molecular weight is 293 g/mol. The van der Waals surface area contributed by atoms with Gasteiger partial charge in [0.15, 0.2) is 10.4 Å². The molecular formula is C14H19N3S2. The first-order chi connectivity index (χ1) is 9.13. The molecule has 0 atom stereocenters. The Morgan fingerprint density at radius 2 is 2.16 bits per heavy atom. The molecule has 0 aliphatic heterocycles. The van der Waals surface area contributed by atoms with Gasteiger partial charge in [0.2, 0.25) is 0 Å². The summed E-state index contributed by atoms with van der Waals surface area (Å²) in [6.45, 7) is 3.00. The van der Waals surface area contributed by atoms with Gasteiger partial charge in [-0.25, -0.2) is 4.98 Å². The number of aromatic amines is 1. The third-order valence-electron chi connectivity index (χ3n) is 4.15. The second-order valence-electron chi connectivity index (χ2n) is 5.43. The fourth-order valence-electron chi connectivity index (χ4n) is 3.01. The smallest absolute Gasteiger partial charge is 0.179 e. The number of imidazole rings is 1. The van der Waals surface area contributed by atoms with Gasteiger partial charge in [-0.05, 0) is 50.4 Å². The van der Waals surface area contributed by atoms with Crippen LogP contribution in [0.4, 0.5) is 0 Å². The van der Waals surface area contributed by atoms with Crippen LogP contribution in [0.5, 0.6) is 0 Å². The molecule has 0 bridgehead atoms. The summed E-state index contributed by atoms with van der Waals surface area (Å²) >= 11 is 7.48. The third-order valence-corrected chi connectivity index (χ3v) is 5.88. The zero-order chi connectivity index (χ0) is 13.5. The number of pyridine rings is 1. The molecule has 102 valence electrons. The maximum absolute atomic E-state index is 5.49. The summed E-state index contributed by atoms with van der Waals surface area (Å²) in [6, 6.07) is 4.10. The highest BCUT2D eigenvalue weighted by atomic mass is 32.2. The van der Waals surface area contributed by atoms with Crippen LogP contribution in [0.25, 0.3) is 11.2 Å². The van der Waals surface area contributed by atoms with E-state index in [0.29, 0.717) is 4.75 Å². The average Bonchev–Trinajstić information content (AvgIpc) is 2.98. The SMILES string of the molecule is CSC1(Cn2c(=S)[nH]c3ccc(C)nc32)CCCC1. The second-order valence-corrected chi connectivity index (χ2v) is 7.10. The van der Waals surface area contributed by atoms with Gasteiger partial charge in [0.25, 0.3) is 0 Å². The van der Waals surface area contributed by atoms with Crippen molar-refractivity contribution >= 4 is 35.1 Å². The third kappa shape index (κ3) is 2.34. The molecule has 0 radical (unpaired) electrons. The maximum Gasteiger partial charge on any atom is 0.179 e. The van der Waals surface area contributed by atoms with Crippen LogP contribution >= 0.6 is 24.0 Å². The van der Waals surface area contributed by atoms with Crippen molar-refractivity contribution in [1.82, 2.24) is 14.5 Å². The number of hydrogen-bond acceptors (Lipinski definition) is 3. The Labute approximate surface area is 122 Å². The van der Waals surface area contributed by atoms with Gasteiger partial charge in [0.1, 0.15) is 0 Å². The van der Waals surface area contributed by atoms with Crippen molar-refractivity contribution in [2.45, 2.75) is 43.9 Å². The Kier molecular flexibility index (Phi) is 3.43. The molecule has 0 saturated heterocycles. The molecule has 1 N–H and O–H groups in total. The van der Waals surface area contributed by atoms with Crippen LogP contribution in [-0.4, -0.2) is 25.5 Å². The van der Waals surface area contributed by atoms with Crippen molar-refractivity contribution in [3.05, 3.63) is 22.6 Å². The van der Waals surface area contributed by atoms with E-state index in [0.717, 1.165) is 28.2 Å². The van der Waals surface area contributed by atoms with Crippen LogP contribution in [0.15, 0.2) is 12.1 Å². The molecule has 2 aromatic heterocycles. The molecule has 0 spiro atoms. The van der Waals surface area contributed by atoms with Crippen LogP contribution < -0.4 is 0 Å². The molecule has 2 aromatic rings. The highest BCUT2D eigenvalue weighted by Gasteiger charge is 2.34. The zero-order valence-corrected chi connectivity index (χ0v) is 13.0. The maximum atomic E-state index is 5.49. The predicted octanol–water partition coefficient (Wildman–Crippen LogP) is 4.08. The molecule has 0 unspecified atom stereocenters. The van der Waals surface area contributed by atoms with E-state index in [1.807, 2.05) is 24.8 Å². The number of rotatable bonds is 3. The van der Waals surface area contributed by atoms with Crippen molar-refractivity contribution in [1.29, 1.82) is 0 Å². The minimum absolute atomic E-state index is 0.346. The van der Waals surface area contributed by atoms with Gasteiger partial charge in [-0.2, -0.15) is 11.8 Å². The standard InChI is InChI=1S/C14H19N3S2/c1-10-5-6-11-12(15-10)17(13(18)16-11)9-14(19-2)7-3-4-8-14/h5-6H,3-4,7-9H2,1-2H3,(H,16,18). The summed E-state index contributed by atoms with van der Waals surface area (Å²) < 4.78 is 3.34. The van der Waals surface area contributed by atoms with E-state index in [9.17, 15) is 0 Å². The number of thioether (sulfide) groups is 1. The first-order valence-electron chi connectivity index (χ1n) is 6.75. The summed E-state index contributed by atoms with van der Waals surface area (Å²) in [5, 5.41) is 0. The van der Waals surface area contributed by atoms with Crippen LogP contribution in [0, 0.1) is 11.7 Å². The number of fused-ring (bicyclic) bond motifs is 1. The number of hydrogen-bond donors (Lipinski definition) is 1. The molecule has 3 nitrogen and oxygen atoms in total. The van der Waals surface area contributed by atoms with Crippen LogP contribution in [0.2, 0.25) is 0 Å². The summed E-state index contributed by atoms with van der Waals surface area (Å²) in [6.07, 6.45) is 7.47. The molecule has 1 fully saturated rings. The van der Waals surface area contributed by atoms with E-state index >= 15 is 0 Å². The fraction of sp³-hybridized carbons (Fsp3) is 0.571. The van der Waals surface area contributed by atoms with Gasteiger partial charge >= 0.3 is 0 Å². The van der Waals surface area contributed by atoms with Crippen molar-refractivity contribution in [3.8, 4) is 0 Å². The Bertz CT molecular complexity index is 650. The van der Waals surface area contributed by atoms with Crippen LogP contribution in [-0.2, 0) is 6.54 Å². The van der Waals surface area contributed by atoms with Crippen molar-refractivity contribution in [2.24, 2.45) is 0 Å². The van der Waals surface area contributed by atoms with E-state index in [4.69, 9.17) is 12.2 Å². The molecule has 19 heavy (non-hydrogen) atoms. The minimum Gasteiger partial charge on any atom is -0.329 e. The zero-order valence-electron chi connectivity index (χ0n) is 11.4. The van der Waals surface area contributed by atoms with Gasteiger partial charge in [-0.15, -0.1) is 0 Å². The van der Waals surface area contributed by atoms with Gasteiger partial charge < -0.3 is 9.55 Å². The van der Waals surface area contributed by atoms with Gasteiger partial charge in [0.05, 0.1) is 5.52 Å². The van der Waals surface area contributed by atoms with E-state index < -0.39 is 0 Å². The Balaban J connectivity index is 2.07. The van der Waals surface area contributed by atoms with E-state index in [2.05, 4.69) is 26.9 Å². The number of aromatic nitrogens is 3. The van der Waals surface area contributed by atoms with Gasteiger partial charge in [-0.1, -0.05) is 12.8 Å². The number of nitrogens with zero attached hydrogens (tertiary/aromatic N) is 2. The molecule has 0 amide bonds. The quantitative estimate of drug-likeness (QED) is 0.866. The van der Waals surface area contributed by atoms with Crippen LogP contribution in [0.1, 0.15) is 31.4 Å². The largest absolute Gasteiger partial charge is 0.329 e. The molecule has 1 saturated carbocycles. The summed E-state index contributed by atoms with van der Waals surface area (Å²) in [5.41, 5.74) is 3.09. The Morgan fingerprint density at radius 1 is 1.42 bits per heavy atom. The highest BCUT2D eigenvalue weighted by molar-refractivity contribution is 8.00. The topological polar surface area (TPSA) is 33.6 Å². The van der Waals surface area contributed by atoms with Crippen LogP contribution in [0.3, 0.4) is 0 Å². The summed E-state index contributed by atoms with van der Waals surface area (Å²) in [4.78, 5) is 7.94. The lowest BCUT2D eigenvalue weighted by atomic mass is 10.1. The number of nitrogens with one attached hydrogen (secondary N) is 1.